The summed E-state index contributed by atoms with van der Waals surface area (Å²) in [7, 11) is 0. The lowest BCUT2D eigenvalue weighted by atomic mass is 9.92. The van der Waals surface area contributed by atoms with Crippen molar-refractivity contribution in [3.8, 4) is 0 Å². The second-order valence-electron chi connectivity index (χ2n) is 6.19. The highest BCUT2D eigenvalue weighted by molar-refractivity contribution is 9.11. The number of hydrogen-bond donors (Lipinski definition) is 0. The zero-order valence-corrected chi connectivity index (χ0v) is 14.5. The maximum Gasteiger partial charge on any atom is 0.00635 e. The van der Waals surface area contributed by atoms with Crippen molar-refractivity contribution in [2.75, 3.05) is 0 Å². The molecular weight excluding hydrogens is 320 g/mol. The van der Waals surface area contributed by atoms with Crippen LogP contribution < -0.4 is 0 Å². The van der Waals surface area contributed by atoms with Gasteiger partial charge in [-0.1, -0.05) is 76.4 Å². The largest absolute Gasteiger partial charge is 0.0587 e. The molecule has 2 aromatic rings. The van der Waals surface area contributed by atoms with Gasteiger partial charge in [0.2, 0.25) is 0 Å². The van der Waals surface area contributed by atoms with E-state index in [1.54, 1.807) is 0 Å². The maximum atomic E-state index is 3.89. The fourth-order valence-electron chi connectivity index (χ4n) is 3.06. The number of benzene rings is 2. The number of hydrogen-bond acceptors (Lipinski definition) is 0. The Morgan fingerprint density at radius 3 is 2.33 bits per heavy atom. The Morgan fingerprint density at radius 1 is 0.952 bits per heavy atom. The summed E-state index contributed by atoms with van der Waals surface area (Å²) in [5, 5.41) is 0. The molecule has 0 aromatic heterocycles. The van der Waals surface area contributed by atoms with Gasteiger partial charge in [-0.25, -0.2) is 0 Å². The molecule has 21 heavy (non-hydrogen) atoms. The van der Waals surface area contributed by atoms with Crippen LogP contribution in [0.25, 0.3) is 5.57 Å². The molecule has 1 unspecified atom stereocenters. The monoisotopic (exact) mass is 340 g/mol. The second kappa shape index (κ2) is 5.81. The van der Waals surface area contributed by atoms with Gasteiger partial charge in [0.05, 0.1) is 0 Å². The Labute approximate surface area is 136 Å². The average molecular weight is 341 g/mol. The predicted molar refractivity (Wildman–Crippen MR) is 94.8 cm³/mol. The molecule has 0 heterocycles. The Kier molecular flexibility index (Phi) is 4.03. The molecule has 3 rings (SSSR count). The highest BCUT2D eigenvalue weighted by Gasteiger charge is 2.21. The topological polar surface area (TPSA) is 0 Å². The number of aryl methyl sites for hydroxylation is 3. The first-order valence-electron chi connectivity index (χ1n) is 7.63. The Bertz CT molecular complexity index is 692. The molecule has 0 saturated heterocycles. The molecule has 0 bridgehead atoms. The SMILES string of the molecule is Cc1ccc(C2=C(Br)C(C)CCc3cc(C)ccc32)cc1. The summed E-state index contributed by atoms with van der Waals surface area (Å²) >= 11 is 3.89. The first kappa shape index (κ1) is 14.6. The van der Waals surface area contributed by atoms with Gasteiger partial charge in [0, 0.05) is 4.48 Å². The van der Waals surface area contributed by atoms with Crippen LogP contribution in [0.5, 0.6) is 0 Å². The highest BCUT2D eigenvalue weighted by Crippen LogP contribution is 2.40. The van der Waals surface area contributed by atoms with E-state index in [4.69, 9.17) is 0 Å². The van der Waals surface area contributed by atoms with Crippen LogP contribution in [0.15, 0.2) is 46.9 Å². The van der Waals surface area contributed by atoms with E-state index in [1.807, 2.05) is 0 Å². The minimum atomic E-state index is 0.564. The van der Waals surface area contributed by atoms with Crippen LogP contribution in [0.3, 0.4) is 0 Å². The van der Waals surface area contributed by atoms with Crippen molar-refractivity contribution >= 4 is 21.5 Å². The third-order valence-corrected chi connectivity index (χ3v) is 5.57. The molecule has 0 saturated carbocycles. The van der Waals surface area contributed by atoms with Crippen molar-refractivity contribution in [2.45, 2.75) is 33.6 Å². The molecule has 108 valence electrons. The molecule has 0 nitrogen and oxygen atoms in total. The van der Waals surface area contributed by atoms with E-state index in [2.05, 4.69) is 79.2 Å². The van der Waals surface area contributed by atoms with Crippen molar-refractivity contribution in [2.24, 2.45) is 5.92 Å². The van der Waals surface area contributed by atoms with Gasteiger partial charge in [-0.2, -0.15) is 0 Å². The summed E-state index contributed by atoms with van der Waals surface area (Å²) < 4.78 is 1.34. The van der Waals surface area contributed by atoms with Crippen LogP contribution in [-0.2, 0) is 6.42 Å². The minimum Gasteiger partial charge on any atom is -0.0587 e. The lowest BCUT2D eigenvalue weighted by Crippen LogP contribution is -1.96. The van der Waals surface area contributed by atoms with Gasteiger partial charge in [-0.3, -0.25) is 0 Å². The summed E-state index contributed by atoms with van der Waals surface area (Å²) in [5.74, 6) is 0.564. The molecule has 1 aliphatic carbocycles. The van der Waals surface area contributed by atoms with E-state index in [9.17, 15) is 0 Å². The van der Waals surface area contributed by atoms with Crippen LogP contribution in [0.1, 0.15) is 41.2 Å². The van der Waals surface area contributed by atoms with Crippen LogP contribution in [-0.4, -0.2) is 0 Å². The molecule has 0 amide bonds. The third-order valence-electron chi connectivity index (χ3n) is 4.39. The normalized spacial score (nSPS) is 18.4. The van der Waals surface area contributed by atoms with E-state index in [0.29, 0.717) is 5.92 Å². The van der Waals surface area contributed by atoms with Crippen molar-refractivity contribution in [3.63, 3.8) is 0 Å². The fourth-order valence-corrected chi connectivity index (χ4v) is 3.73. The quantitative estimate of drug-likeness (QED) is 0.593. The third kappa shape index (κ3) is 2.85. The first-order chi connectivity index (χ1) is 10.1. The second-order valence-corrected chi connectivity index (χ2v) is 7.04. The maximum absolute atomic E-state index is 3.89. The molecule has 1 aliphatic rings. The number of rotatable bonds is 1. The fraction of sp³-hybridized carbons (Fsp3) is 0.300. The summed E-state index contributed by atoms with van der Waals surface area (Å²) in [4.78, 5) is 0. The highest BCUT2D eigenvalue weighted by atomic mass is 79.9. The molecule has 2 aromatic carbocycles. The smallest absolute Gasteiger partial charge is 0.00635 e. The van der Waals surface area contributed by atoms with Gasteiger partial charge >= 0.3 is 0 Å². The zero-order chi connectivity index (χ0) is 15.0. The minimum absolute atomic E-state index is 0.564. The average Bonchev–Trinajstić information content (AvgIpc) is 2.59. The van der Waals surface area contributed by atoms with E-state index in [-0.39, 0.29) is 0 Å². The molecule has 1 heteroatoms. The molecule has 0 aliphatic heterocycles. The molecule has 1 atom stereocenters. The van der Waals surface area contributed by atoms with E-state index in [1.165, 1.54) is 44.3 Å². The van der Waals surface area contributed by atoms with Crippen molar-refractivity contribution in [1.82, 2.24) is 0 Å². The van der Waals surface area contributed by atoms with Gasteiger partial charge in [0.1, 0.15) is 0 Å². The lowest BCUT2D eigenvalue weighted by molar-refractivity contribution is 0.648. The van der Waals surface area contributed by atoms with Gasteiger partial charge < -0.3 is 0 Å². The van der Waals surface area contributed by atoms with Gasteiger partial charge in [0.15, 0.2) is 0 Å². The Balaban J connectivity index is 2.23. The summed E-state index contributed by atoms with van der Waals surface area (Å²) in [6.45, 7) is 6.64. The van der Waals surface area contributed by atoms with Crippen molar-refractivity contribution in [3.05, 3.63) is 74.8 Å². The first-order valence-corrected chi connectivity index (χ1v) is 8.42. The van der Waals surface area contributed by atoms with Gasteiger partial charge in [-0.15, -0.1) is 0 Å². The zero-order valence-electron chi connectivity index (χ0n) is 12.9. The summed E-state index contributed by atoms with van der Waals surface area (Å²) in [6.07, 6.45) is 2.36. The van der Waals surface area contributed by atoms with Crippen LogP contribution in [0.4, 0.5) is 0 Å². The van der Waals surface area contributed by atoms with Gasteiger partial charge in [0.25, 0.3) is 0 Å². The summed E-state index contributed by atoms with van der Waals surface area (Å²) in [5.41, 5.74) is 8.21. The van der Waals surface area contributed by atoms with Crippen LogP contribution >= 0.6 is 15.9 Å². The predicted octanol–water partition coefficient (Wildman–Crippen LogP) is 6.04. The molecule has 0 fully saturated rings. The number of allylic oxidation sites excluding steroid dienone is 1. The molecule has 0 radical (unpaired) electrons. The van der Waals surface area contributed by atoms with Crippen LogP contribution in [0, 0.1) is 19.8 Å². The molecular formula is C20H21Br. The van der Waals surface area contributed by atoms with Crippen molar-refractivity contribution in [1.29, 1.82) is 0 Å². The number of fused-ring (bicyclic) bond motifs is 1. The number of halogens is 1. The molecule has 0 spiro atoms. The van der Waals surface area contributed by atoms with Crippen molar-refractivity contribution < 1.29 is 0 Å². The van der Waals surface area contributed by atoms with E-state index < -0.39 is 0 Å². The lowest BCUT2D eigenvalue weighted by Gasteiger charge is -2.15. The Hall–Kier alpha value is -1.34. The van der Waals surface area contributed by atoms with Gasteiger partial charge in [-0.05, 0) is 54.9 Å². The Morgan fingerprint density at radius 2 is 1.62 bits per heavy atom. The summed E-state index contributed by atoms with van der Waals surface area (Å²) in [6, 6.07) is 15.8. The van der Waals surface area contributed by atoms with E-state index >= 15 is 0 Å². The standard InChI is InChI=1S/C20H21Br/c1-13-4-8-16(9-5-13)19-18-11-6-14(2)12-17(18)10-7-15(3)20(19)21/h4-6,8-9,11-12,15H,7,10H2,1-3H3. The van der Waals surface area contributed by atoms with E-state index in [0.717, 1.165) is 6.42 Å². The molecule has 0 N–H and O–H groups in total. The van der Waals surface area contributed by atoms with Crippen LogP contribution in [0.2, 0.25) is 0 Å².